The van der Waals surface area contributed by atoms with Crippen LogP contribution < -0.4 is 0 Å². The third kappa shape index (κ3) is 3.01. The molecule has 0 aromatic heterocycles. The molecule has 3 nitrogen and oxygen atoms in total. The Morgan fingerprint density at radius 1 is 1.00 bits per heavy atom. The molecule has 1 N–H and O–H groups in total. The fraction of sp³-hybridized carbons (Fsp3) is 0.929. The van der Waals surface area contributed by atoms with Crippen LogP contribution in [0.2, 0.25) is 0 Å². The molecule has 0 aromatic carbocycles. The van der Waals surface area contributed by atoms with E-state index >= 15 is 0 Å². The molecule has 0 unspecified atom stereocenters. The van der Waals surface area contributed by atoms with Crippen LogP contribution in [0.25, 0.3) is 0 Å². The van der Waals surface area contributed by atoms with Crippen LogP contribution in [0.15, 0.2) is 11.6 Å². The smallest absolute Gasteiger partial charge is 0.0869 e. The Labute approximate surface area is 189 Å². The number of ether oxygens (including phenoxy) is 2. The van der Waals surface area contributed by atoms with Gasteiger partial charge in [-0.25, -0.2) is 0 Å². The molecule has 6 rings (SSSR count). The van der Waals surface area contributed by atoms with Gasteiger partial charge in [-0.1, -0.05) is 39.3 Å². The molecule has 0 radical (unpaired) electrons. The van der Waals surface area contributed by atoms with E-state index in [4.69, 9.17) is 9.47 Å². The highest BCUT2D eigenvalue weighted by Gasteiger charge is 2.64. The molecular weight excluding hydrogens is 384 g/mol. The number of hydrogen-bond acceptors (Lipinski definition) is 3. The second-order valence-electron chi connectivity index (χ2n) is 13.0. The minimum atomic E-state index is -0.0638. The maximum Gasteiger partial charge on any atom is 0.0869 e. The summed E-state index contributed by atoms with van der Waals surface area (Å²) in [6.07, 6.45) is 14.5. The first-order valence-electron chi connectivity index (χ1n) is 13.5. The summed E-state index contributed by atoms with van der Waals surface area (Å²) in [7, 11) is 0. The molecule has 0 amide bonds. The average Bonchev–Trinajstić information content (AvgIpc) is 3.23. The van der Waals surface area contributed by atoms with Crippen LogP contribution in [0, 0.1) is 46.3 Å². The summed E-state index contributed by atoms with van der Waals surface area (Å²) in [6, 6.07) is 0. The van der Waals surface area contributed by atoms with Crippen molar-refractivity contribution in [1.29, 1.82) is 0 Å². The maximum atomic E-state index is 10.3. The fourth-order valence-corrected chi connectivity index (χ4v) is 9.73. The minimum Gasteiger partial charge on any atom is -0.393 e. The molecule has 6 aliphatic rings. The van der Waals surface area contributed by atoms with Crippen LogP contribution >= 0.6 is 0 Å². The van der Waals surface area contributed by atoms with Crippen molar-refractivity contribution in [1.82, 2.24) is 0 Å². The lowest BCUT2D eigenvalue weighted by Gasteiger charge is -2.57. The van der Waals surface area contributed by atoms with Crippen molar-refractivity contribution in [2.24, 2.45) is 46.3 Å². The minimum absolute atomic E-state index is 0.0638. The normalized spacial score (nSPS) is 58.7. The van der Waals surface area contributed by atoms with Crippen molar-refractivity contribution in [2.75, 3.05) is 6.61 Å². The van der Waals surface area contributed by atoms with Gasteiger partial charge in [-0.05, 0) is 104 Å². The molecule has 12 atom stereocenters. The Morgan fingerprint density at radius 3 is 2.61 bits per heavy atom. The van der Waals surface area contributed by atoms with Crippen molar-refractivity contribution in [3.05, 3.63) is 11.6 Å². The van der Waals surface area contributed by atoms with Crippen LogP contribution in [0.5, 0.6) is 0 Å². The number of allylic oxidation sites excluding steroid dienone is 2. The van der Waals surface area contributed by atoms with Gasteiger partial charge in [-0.15, -0.1) is 0 Å². The zero-order valence-electron chi connectivity index (χ0n) is 20.2. The van der Waals surface area contributed by atoms with Gasteiger partial charge in [0, 0.05) is 6.61 Å². The molecule has 5 fully saturated rings. The summed E-state index contributed by atoms with van der Waals surface area (Å²) in [5.74, 6) is 4.21. The van der Waals surface area contributed by atoms with Crippen molar-refractivity contribution >= 4 is 0 Å². The van der Waals surface area contributed by atoms with Gasteiger partial charge in [0.2, 0.25) is 0 Å². The molecule has 2 heterocycles. The van der Waals surface area contributed by atoms with E-state index < -0.39 is 0 Å². The van der Waals surface area contributed by atoms with Crippen molar-refractivity contribution in [3.63, 3.8) is 0 Å². The first-order chi connectivity index (χ1) is 14.8. The highest BCUT2D eigenvalue weighted by Crippen LogP contribution is 2.68. The summed E-state index contributed by atoms with van der Waals surface area (Å²) < 4.78 is 13.2. The summed E-state index contributed by atoms with van der Waals surface area (Å²) in [5.41, 5.74) is 2.50. The Hall–Kier alpha value is -0.380. The molecule has 2 saturated heterocycles. The quantitative estimate of drug-likeness (QED) is 0.540. The number of aliphatic hydroxyl groups excluding tert-OH is 1. The lowest BCUT2D eigenvalue weighted by Crippen LogP contribution is -2.49. The zero-order valence-corrected chi connectivity index (χ0v) is 20.2. The predicted octanol–water partition coefficient (Wildman–Crippen LogP) is 5.75. The van der Waals surface area contributed by atoms with E-state index in [1.807, 2.05) is 0 Å². The Kier molecular flexibility index (Phi) is 4.99. The van der Waals surface area contributed by atoms with Crippen LogP contribution in [0.1, 0.15) is 85.5 Å². The molecule has 2 aliphatic heterocycles. The molecule has 3 heteroatoms. The Balaban J connectivity index is 1.25. The standard InChI is InChI=1S/C28H44O3/c1-16-5-8-23(30-15-16)26-17(2)25-24(31-26)14-22-20-7-6-18-13-19(29)9-11-27(18,3)21(20)10-12-28(22,25)4/h10,16-20,22-26,29H,5-9,11-15H2,1-4H3/t16-,17+,18-,19-,20-,22-,23-,24-,25-,26-,27+,28+/m1/s1. The number of fused-ring (bicyclic) bond motifs is 7. The third-order valence-electron chi connectivity index (χ3n) is 11.4. The van der Waals surface area contributed by atoms with E-state index in [1.165, 1.54) is 44.9 Å². The van der Waals surface area contributed by atoms with Gasteiger partial charge in [0.15, 0.2) is 0 Å². The van der Waals surface area contributed by atoms with Gasteiger partial charge in [0.05, 0.1) is 24.4 Å². The summed E-state index contributed by atoms with van der Waals surface area (Å²) in [6.45, 7) is 10.8. The SMILES string of the molecule is C[C@@H]1CC[C@H]([C@@H]2O[C@@H]3C[C@@H]4[C@@H]5CC[C@@H]6C[C@H](O)CC[C@]6(C)C5=CC[C@]4(C)[C@@H]3[C@@H]2C)OC1. The molecule has 174 valence electrons. The average molecular weight is 429 g/mol. The van der Waals surface area contributed by atoms with Crippen LogP contribution in [0.3, 0.4) is 0 Å². The lowest BCUT2D eigenvalue weighted by molar-refractivity contribution is -0.111. The molecule has 3 saturated carbocycles. The summed E-state index contributed by atoms with van der Waals surface area (Å²) in [5, 5.41) is 10.3. The van der Waals surface area contributed by atoms with E-state index in [-0.39, 0.29) is 6.10 Å². The molecule has 0 aromatic rings. The lowest BCUT2D eigenvalue weighted by atomic mass is 9.48. The summed E-state index contributed by atoms with van der Waals surface area (Å²) >= 11 is 0. The Morgan fingerprint density at radius 2 is 1.84 bits per heavy atom. The van der Waals surface area contributed by atoms with E-state index in [2.05, 4.69) is 33.8 Å². The van der Waals surface area contributed by atoms with E-state index in [0.717, 1.165) is 31.3 Å². The summed E-state index contributed by atoms with van der Waals surface area (Å²) in [4.78, 5) is 0. The van der Waals surface area contributed by atoms with Crippen LogP contribution in [0.4, 0.5) is 0 Å². The molecule has 0 bridgehead atoms. The van der Waals surface area contributed by atoms with Crippen LogP contribution in [-0.4, -0.2) is 36.1 Å². The van der Waals surface area contributed by atoms with E-state index in [1.54, 1.807) is 5.57 Å². The predicted molar refractivity (Wildman–Crippen MR) is 123 cm³/mol. The van der Waals surface area contributed by atoms with Gasteiger partial charge < -0.3 is 14.6 Å². The Bertz CT molecular complexity index is 739. The molecule has 4 aliphatic carbocycles. The van der Waals surface area contributed by atoms with Crippen molar-refractivity contribution < 1.29 is 14.6 Å². The maximum absolute atomic E-state index is 10.3. The van der Waals surface area contributed by atoms with Crippen molar-refractivity contribution in [3.8, 4) is 0 Å². The fourth-order valence-electron chi connectivity index (χ4n) is 9.73. The number of aliphatic hydroxyl groups is 1. The zero-order chi connectivity index (χ0) is 21.5. The molecular formula is C28H44O3. The van der Waals surface area contributed by atoms with Gasteiger partial charge in [0.25, 0.3) is 0 Å². The molecule has 0 spiro atoms. The first-order valence-corrected chi connectivity index (χ1v) is 13.5. The van der Waals surface area contributed by atoms with Gasteiger partial charge in [-0.2, -0.15) is 0 Å². The second kappa shape index (κ2) is 7.31. The van der Waals surface area contributed by atoms with Gasteiger partial charge in [0.1, 0.15) is 0 Å². The second-order valence-corrected chi connectivity index (χ2v) is 13.0. The van der Waals surface area contributed by atoms with E-state index in [9.17, 15) is 5.11 Å². The van der Waals surface area contributed by atoms with E-state index in [0.29, 0.717) is 52.8 Å². The largest absolute Gasteiger partial charge is 0.393 e. The topological polar surface area (TPSA) is 38.7 Å². The van der Waals surface area contributed by atoms with Gasteiger partial charge >= 0.3 is 0 Å². The van der Waals surface area contributed by atoms with Gasteiger partial charge in [-0.3, -0.25) is 0 Å². The third-order valence-corrected chi connectivity index (χ3v) is 11.4. The van der Waals surface area contributed by atoms with Crippen molar-refractivity contribution in [2.45, 2.75) is 110 Å². The highest BCUT2D eigenvalue weighted by molar-refractivity contribution is 5.30. The number of hydrogen-bond donors (Lipinski definition) is 1. The molecule has 31 heavy (non-hydrogen) atoms. The first kappa shape index (κ1) is 21.2. The number of rotatable bonds is 1. The van der Waals surface area contributed by atoms with Crippen LogP contribution in [-0.2, 0) is 9.47 Å². The highest BCUT2D eigenvalue weighted by atomic mass is 16.6. The monoisotopic (exact) mass is 428 g/mol.